The molecule has 0 saturated carbocycles. The minimum absolute atomic E-state index is 0.0154. The second-order valence-corrected chi connectivity index (χ2v) is 6.24. The normalized spacial score (nSPS) is 12.4. The molecule has 3 N–H and O–H groups in total. The van der Waals surface area contributed by atoms with E-state index in [0.29, 0.717) is 30.5 Å². The molecule has 0 fully saturated rings. The van der Waals surface area contributed by atoms with Crippen LogP contribution in [0.15, 0.2) is 47.5 Å². The molecule has 0 bridgehead atoms. The van der Waals surface area contributed by atoms with E-state index in [0.717, 1.165) is 17.7 Å². The number of nitrogens with zero attached hydrogens (tertiary/aromatic N) is 1. The monoisotopic (exact) mass is 371 g/mol. The summed E-state index contributed by atoms with van der Waals surface area (Å²) in [5.74, 6) is 2.62. The largest absolute Gasteiger partial charge is 0.493 e. The lowest BCUT2D eigenvalue weighted by Gasteiger charge is -2.18. The zero-order chi connectivity index (χ0) is 19.6. The third-order valence-electron chi connectivity index (χ3n) is 4.14. The molecule has 0 saturated heterocycles. The van der Waals surface area contributed by atoms with Crippen LogP contribution in [0.4, 0.5) is 0 Å². The van der Waals surface area contributed by atoms with Crippen LogP contribution in [0.25, 0.3) is 0 Å². The van der Waals surface area contributed by atoms with Crippen molar-refractivity contribution in [1.82, 2.24) is 5.32 Å². The summed E-state index contributed by atoms with van der Waals surface area (Å²) in [6, 6.07) is 13.7. The molecule has 0 aromatic heterocycles. The van der Waals surface area contributed by atoms with Crippen molar-refractivity contribution < 1.29 is 14.2 Å². The fraction of sp³-hybridized carbons (Fsp3) is 0.381. The molecule has 2 rings (SSSR count). The van der Waals surface area contributed by atoms with Crippen LogP contribution in [0.2, 0.25) is 0 Å². The lowest BCUT2D eigenvalue weighted by Crippen LogP contribution is -2.39. The van der Waals surface area contributed by atoms with Crippen molar-refractivity contribution in [2.24, 2.45) is 10.7 Å². The number of rotatable bonds is 9. The molecule has 1 atom stereocenters. The van der Waals surface area contributed by atoms with Gasteiger partial charge in [-0.2, -0.15) is 0 Å². The van der Waals surface area contributed by atoms with Gasteiger partial charge in [0, 0.05) is 0 Å². The van der Waals surface area contributed by atoms with Crippen molar-refractivity contribution in [2.45, 2.75) is 32.9 Å². The standard InChI is InChI=1S/C21H29N3O3/c1-5-17(27-18-8-6-7-15(2)11-18)14-24-21(22)23-13-16-9-10-19(25-3)20(12-16)26-4/h6-12,17H,5,13-14H2,1-4H3,(H3,22,23,24). The summed E-state index contributed by atoms with van der Waals surface area (Å²) in [6.45, 7) is 5.17. The van der Waals surface area contributed by atoms with Crippen LogP contribution in [0.3, 0.4) is 0 Å². The summed E-state index contributed by atoms with van der Waals surface area (Å²) in [4.78, 5) is 4.38. The predicted molar refractivity (Wildman–Crippen MR) is 109 cm³/mol. The highest BCUT2D eigenvalue weighted by molar-refractivity contribution is 5.77. The second-order valence-electron chi connectivity index (χ2n) is 6.24. The molecular formula is C21H29N3O3. The van der Waals surface area contributed by atoms with Crippen LogP contribution >= 0.6 is 0 Å². The first-order chi connectivity index (χ1) is 13.0. The molecule has 1 unspecified atom stereocenters. The summed E-state index contributed by atoms with van der Waals surface area (Å²) in [5.41, 5.74) is 8.16. The Morgan fingerprint density at radius 1 is 1.11 bits per heavy atom. The molecule has 0 aliphatic heterocycles. The van der Waals surface area contributed by atoms with Crippen LogP contribution < -0.4 is 25.3 Å². The maximum atomic E-state index is 6.01. The Bertz CT molecular complexity index is 762. The molecule has 0 spiro atoms. The van der Waals surface area contributed by atoms with Gasteiger partial charge in [-0.15, -0.1) is 0 Å². The van der Waals surface area contributed by atoms with Crippen molar-refractivity contribution in [3.63, 3.8) is 0 Å². The van der Waals surface area contributed by atoms with Crippen LogP contribution in [0.5, 0.6) is 17.2 Å². The van der Waals surface area contributed by atoms with E-state index in [1.54, 1.807) is 14.2 Å². The Labute approximate surface area is 161 Å². The van der Waals surface area contributed by atoms with Crippen LogP contribution in [0.1, 0.15) is 24.5 Å². The van der Waals surface area contributed by atoms with Gasteiger partial charge in [-0.1, -0.05) is 25.1 Å². The molecule has 0 aliphatic rings. The number of nitrogens with two attached hydrogens (primary N) is 1. The maximum absolute atomic E-state index is 6.01. The van der Waals surface area contributed by atoms with Gasteiger partial charge in [-0.05, 0) is 48.7 Å². The summed E-state index contributed by atoms with van der Waals surface area (Å²) in [6.07, 6.45) is 0.880. The summed E-state index contributed by atoms with van der Waals surface area (Å²) in [5, 5.41) is 3.14. The van der Waals surface area contributed by atoms with Crippen molar-refractivity contribution in [3.05, 3.63) is 53.6 Å². The third kappa shape index (κ3) is 6.40. The molecule has 27 heavy (non-hydrogen) atoms. The number of benzene rings is 2. The Morgan fingerprint density at radius 3 is 2.56 bits per heavy atom. The topological polar surface area (TPSA) is 78.1 Å². The van der Waals surface area contributed by atoms with E-state index in [-0.39, 0.29) is 6.10 Å². The van der Waals surface area contributed by atoms with Gasteiger partial charge in [0.05, 0.1) is 27.3 Å². The first kappa shape index (κ1) is 20.4. The number of hydrogen-bond acceptors (Lipinski definition) is 4. The Kier molecular flexibility index (Phi) is 7.79. The maximum Gasteiger partial charge on any atom is 0.189 e. The van der Waals surface area contributed by atoms with Gasteiger partial charge in [-0.3, -0.25) is 0 Å². The van der Waals surface area contributed by atoms with Gasteiger partial charge in [0.15, 0.2) is 17.5 Å². The number of aryl methyl sites for hydroxylation is 1. The van der Waals surface area contributed by atoms with Crippen LogP contribution in [-0.4, -0.2) is 32.8 Å². The molecule has 0 aliphatic carbocycles. The number of hydrogen-bond donors (Lipinski definition) is 2. The van der Waals surface area contributed by atoms with Gasteiger partial charge >= 0.3 is 0 Å². The molecular weight excluding hydrogens is 342 g/mol. The Hall–Kier alpha value is -2.89. The average molecular weight is 371 g/mol. The zero-order valence-corrected chi connectivity index (χ0v) is 16.5. The fourth-order valence-corrected chi connectivity index (χ4v) is 2.58. The smallest absolute Gasteiger partial charge is 0.189 e. The van der Waals surface area contributed by atoms with E-state index in [2.05, 4.69) is 17.2 Å². The van der Waals surface area contributed by atoms with Crippen LogP contribution in [0, 0.1) is 6.92 Å². The zero-order valence-electron chi connectivity index (χ0n) is 16.5. The van der Waals surface area contributed by atoms with E-state index in [1.807, 2.05) is 49.4 Å². The molecule has 0 radical (unpaired) electrons. The summed E-state index contributed by atoms with van der Waals surface area (Å²) < 4.78 is 16.6. The molecule has 0 heterocycles. The molecule has 0 amide bonds. The van der Waals surface area contributed by atoms with E-state index < -0.39 is 0 Å². The molecule has 6 heteroatoms. The van der Waals surface area contributed by atoms with E-state index in [1.165, 1.54) is 5.56 Å². The van der Waals surface area contributed by atoms with Gasteiger partial charge in [0.25, 0.3) is 0 Å². The summed E-state index contributed by atoms with van der Waals surface area (Å²) in [7, 11) is 3.22. The highest BCUT2D eigenvalue weighted by Gasteiger charge is 2.09. The van der Waals surface area contributed by atoms with E-state index in [4.69, 9.17) is 19.9 Å². The van der Waals surface area contributed by atoms with Crippen molar-refractivity contribution in [2.75, 3.05) is 20.8 Å². The van der Waals surface area contributed by atoms with Crippen molar-refractivity contribution in [1.29, 1.82) is 0 Å². The van der Waals surface area contributed by atoms with Gasteiger partial charge in [0.2, 0.25) is 0 Å². The first-order valence-corrected chi connectivity index (χ1v) is 9.03. The van der Waals surface area contributed by atoms with Crippen LogP contribution in [-0.2, 0) is 6.54 Å². The number of guanidine groups is 1. The average Bonchev–Trinajstić information content (AvgIpc) is 2.69. The highest BCUT2D eigenvalue weighted by Crippen LogP contribution is 2.27. The lowest BCUT2D eigenvalue weighted by molar-refractivity contribution is 0.199. The molecule has 2 aromatic rings. The number of methoxy groups -OCH3 is 2. The quantitative estimate of drug-likeness (QED) is 0.522. The SMILES string of the molecule is CCC(CNC(N)=NCc1ccc(OC)c(OC)c1)Oc1cccc(C)c1. The highest BCUT2D eigenvalue weighted by atomic mass is 16.5. The third-order valence-corrected chi connectivity index (χ3v) is 4.14. The second kappa shape index (κ2) is 10.3. The minimum Gasteiger partial charge on any atom is -0.493 e. The molecule has 6 nitrogen and oxygen atoms in total. The fourth-order valence-electron chi connectivity index (χ4n) is 2.58. The Balaban J connectivity index is 1.88. The van der Waals surface area contributed by atoms with Crippen molar-refractivity contribution >= 4 is 5.96 Å². The number of ether oxygens (including phenoxy) is 3. The summed E-state index contributed by atoms with van der Waals surface area (Å²) >= 11 is 0. The predicted octanol–water partition coefficient (Wildman–Crippen LogP) is 3.27. The van der Waals surface area contributed by atoms with Gasteiger partial charge in [0.1, 0.15) is 11.9 Å². The number of aliphatic imine (C=N–C) groups is 1. The Morgan fingerprint density at radius 2 is 1.89 bits per heavy atom. The van der Waals surface area contributed by atoms with E-state index in [9.17, 15) is 0 Å². The van der Waals surface area contributed by atoms with Gasteiger partial charge < -0.3 is 25.3 Å². The van der Waals surface area contributed by atoms with E-state index >= 15 is 0 Å². The number of nitrogens with one attached hydrogen (secondary N) is 1. The molecule has 2 aromatic carbocycles. The van der Waals surface area contributed by atoms with Crippen molar-refractivity contribution in [3.8, 4) is 17.2 Å². The first-order valence-electron chi connectivity index (χ1n) is 9.03. The minimum atomic E-state index is 0.0154. The lowest BCUT2D eigenvalue weighted by atomic mass is 10.2. The molecule has 146 valence electrons. The van der Waals surface area contributed by atoms with Gasteiger partial charge in [-0.25, -0.2) is 4.99 Å².